The first-order chi connectivity index (χ1) is 35.0. The molecule has 0 aromatic rings. The van der Waals surface area contributed by atoms with E-state index in [1.807, 2.05) is 0 Å². The Morgan fingerprint density at radius 3 is 0.859 bits per heavy atom. The Hall–Kier alpha value is -4.97. The maximum Gasteiger partial charge on any atom is 0.306 e. The zero-order chi connectivity index (χ0) is 51.4. The number of hydrogen-bond acceptors (Lipinski definition) is 6. The Kier molecular flexibility index (Phi) is 53.6. The van der Waals surface area contributed by atoms with Crippen LogP contribution in [0.1, 0.15) is 213 Å². The summed E-state index contributed by atoms with van der Waals surface area (Å²) >= 11 is 0. The minimum Gasteiger partial charge on any atom is -0.462 e. The van der Waals surface area contributed by atoms with E-state index in [2.05, 4.69) is 179 Å². The van der Waals surface area contributed by atoms with Crippen LogP contribution in [0, 0.1) is 0 Å². The first kappa shape index (κ1) is 66.0. The van der Waals surface area contributed by atoms with Crippen molar-refractivity contribution in [3.05, 3.63) is 158 Å². The summed E-state index contributed by atoms with van der Waals surface area (Å²) < 4.78 is 16.8. The largest absolute Gasteiger partial charge is 0.462 e. The van der Waals surface area contributed by atoms with Crippen molar-refractivity contribution in [1.82, 2.24) is 0 Å². The van der Waals surface area contributed by atoms with Crippen LogP contribution in [0.3, 0.4) is 0 Å². The van der Waals surface area contributed by atoms with E-state index in [0.29, 0.717) is 19.3 Å². The molecule has 0 aliphatic heterocycles. The molecule has 0 bridgehead atoms. The summed E-state index contributed by atoms with van der Waals surface area (Å²) in [4.78, 5) is 38.1. The third-order valence-electron chi connectivity index (χ3n) is 11.0. The first-order valence-electron chi connectivity index (χ1n) is 28.0. The van der Waals surface area contributed by atoms with Crippen LogP contribution in [0.2, 0.25) is 0 Å². The molecule has 0 aromatic carbocycles. The van der Waals surface area contributed by atoms with E-state index in [1.165, 1.54) is 25.7 Å². The molecule has 0 aromatic heterocycles. The molecular weight excluding hydrogens is 877 g/mol. The highest BCUT2D eigenvalue weighted by atomic mass is 16.6. The molecule has 0 radical (unpaired) electrons. The van der Waals surface area contributed by atoms with E-state index in [0.717, 1.165) is 141 Å². The maximum atomic E-state index is 12.8. The van der Waals surface area contributed by atoms with Crippen LogP contribution in [-0.2, 0) is 28.6 Å². The zero-order valence-electron chi connectivity index (χ0n) is 45.2. The number of hydrogen-bond donors (Lipinski definition) is 0. The Morgan fingerprint density at radius 2 is 0.549 bits per heavy atom. The Labute approximate surface area is 435 Å². The van der Waals surface area contributed by atoms with Crippen LogP contribution in [0.25, 0.3) is 0 Å². The standard InChI is InChI=1S/C65H100O6/c1-4-7-10-13-16-19-22-25-28-30-32-34-37-39-42-45-48-51-54-57-63(66)69-60-62(71-65(68)59-56-53-50-47-44-41-36-27-24-21-18-15-12-9-6-3)61-70-64(67)58-55-52-49-46-43-40-38-35-33-31-29-26-23-20-17-14-11-8-5-2/h7-8,10-11,16-21,25-29,32-36,39-40,42-44,47,62H,4-6,9,12-15,22-24,30-31,37-38,41,45-46,48-61H2,1-3H3/b10-7-,11-8-,19-16-,20-17-,21-18-,28-25-,29-26-,34-32-,35-33-,36-27-,42-39-,43-40-,47-44-. The lowest BCUT2D eigenvalue weighted by atomic mass is 10.1. The second-order valence-electron chi connectivity index (χ2n) is 17.7. The van der Waals surface area contributed by atoms with Gasteiger partial charge in [-0.1, -0.05) is 204 Å². The second-order valence-corrected chi connectivity index (χ2v) is 17.7. The van der Waals surface area contributed by atoms with Gasteiger partial charge in [0.15, 0.2) is 6.10 Å². The molecule has 0 fully saturated rings. The summed E-state index contributed by atoms with van der Waals surface area (Å²) in [6.45, 7) is 6.27. The molecule has 0 saturated heterocycles. The summed E-state index contributed by atoms with van der Waals surface area (Å²) in [5.74, 6) is -1.04. The normalized spacial score (nSPS) is 13.0. The lowest BCUT2D eigenvalue weighted by molar-refractivity contribution is -0.167. The van der Waals surface area contributed by atoms with Crippen LogP contribution < -0.4 is 0 Å². The highest BCUT2D eigenvalue weighted by molar-refractivity contribution is 5.71. The molecule has 0 unspecified atom stereocenters. The maximum absolute atomic E-state index is 12.8. The van der Waals surface area contributed by atoms with E-state index in [9.17, 15) is 14.4 Å². The van der Waals surface area contributed by atoms with E-state index < -0.39 is 6.10 Å². The molecule has 71 heavy (non-hydrogen) atoms. The number of allylic oxidation sites excluding steroid dienone is 26. The Bertz CT molecular complexity index is 1550. The zero-order valence-corrected chi connectivity index (χ0v) is 45.2. The van der Waals surface area contributed by atoms with Crippen LogP contribution in [0.5, 0.6) is 0 Å². The van der Waals surface area contributed by atoms with E-state index in [4.69, 9.17) is 14.2 Å². The van der Waals surface area contributed by atoms with Crippen LogP contribution in [0.15, 0.2) is 158 Å². The van der Waals surface area contributed by atoms with Gasteiger partial charge in [0.05, 0.1) is 0 Å². The third kappa shape index (κ3) is 55.8. The van der Waals surface area contributed by atoms with Gasteiger partial charge in [-0.2, -0.15) is 0 Å². The number of carbonyl (C=O) groups excluding carboxylic acids is 3. The molecule has 0 amide bonds. The van der Waals surface area contributed by atoms with Gasteiger partial charge in [-0.3, -0.25) is 14.4 Å². The molecular formula is C65H100O6. The van der Waals surface area contributed by atoms with E-state index in [1.54, 1.807) is 0 Å². The van der Waals surface area contributed by atoms with Crippen molar-refractivity contribution in [3.63, 3.8) is 0 Å². The van der Waals surface area contributed by atoms with Crippen molar-refractivity contribution in [2.75, 3.05) is 13.2 Å². The topological polar surface area (TPSA) is 78.9 Å². The summed E-state index contributed by atoms with van der Waals surface area (Å²) in [5, 5.41) is 0. The highest BCUT2D eigenvalue weighted by Crippen LogP contribution is 2.11. The van der Waals surface area contributed by atoms with Crippen molar-refractivity contribution in [1.29, 1.82) is 0 Å². The summed E-state index contributed by atoms with van der Waals surface area (Å²) in [7, 11) is 0. The fourth-order valence-electron chi connectivity index (χ4n) is 6.85. The lowest BCUT2D eigenvalue weighted by Crippen LogP contribution is -2.30. The quantitative estimate of drug-likeness (QED) is 0.0262. The Balaban J connectivity index is 4.60. The monoisotopic (exact) mass is 977 g/mol. The smallest absolute Gasteiger partial charge is 0.306 e. The molecule has 0 atom stereocenters. The van der Waals surface area contributed by atoms with Crippen LogP contribution in [-0.4, -0.2) is 37.2 Å². The average Bonchev–Trinajstić information content (AvgIpc) is 3.37. The van der Waals surface area contributed by atoms with Gasteiger partial charge >= 0.3 is 17.9 Å². The molecule has 6 heteroatoms. The van der Waals surface area contributed by atoms with Crippen molar-refractivity contribution in [2.24, 2.45) is 0 Å². The second kappa shape index (κ2) is 57.6. The Morgan fingerprint density at radius 1 is 0.296 bits per heavy atom. The minimum absolute atomic E-state index is 0.129. The molecule has 0 rings (SSSR count). The average molecular weight is 978 g/mol. The van der Waals surface area contributed by atoms with Crippen molar-refractivity contribution < 1.29 is 28.6 Å². The lowest BCUT2D eigenvalue weighted by Gasteiger charge is -2.18. The van der Waals surface area contributed by atoms with Gasteiger partial charge in [-0.05, 0) is 148 Å². The highest BCUT2D eigenvalue weighted by Gasteiger charge is 2.19. The minimum atomic E-state index is -0.834. The predicted octanol–water partition coefficient (Wildman–Crippen LogP) is 19.0. The summed E-state index contributed by atoms with van der Waals surface area (Å²) in [6.07, 6.45) is 83.7. The van der Waals surface area contributed by atoms with Crippen LogP contribution in [0.4, 0.5) is 0 Å². The number of ether oxygens (including phenoxy) is 3. The summed E-state index contributed by atoms with van der Waals surface area (Å²) in [5.41, 5.74) is 0. The molecule has 0 aliphatic carbocycles. The first-order valence-corrected chi connectivity index (χ1v) is 28.0. The van der Waals surface area contributed by atoms with Gasteiger partial charge in [0.1, 0.15) is 13.2 Å². The van der Waals surface area contributed by atoms with Crippen molar-refractivity contribution in [3.8, 4) is 0 Å². The SMILES string of the molecule is CC/C=C\C/C=C\C/C=C\C/C=C\C/C=C\CCCCCC(=O)OCC(COC(=O)CCCCC/C=C\C/C=C\C/C=C\C/C=C\C/C=C\CC)OC(=O)CCCC/C=C\C/C=C\C/C=C\CCCCC. The number of unbranched alkanes of at least 4 members (excludes halogenated alkanes) is 11. The predicted molar refractivity (Wildman–Crippen MR) is 306 cm³/mol. The fraction of sp³-hybridized carbons (Fsp3) is 0.554. The van der Waals surface area contributed by atoms with Crippen LogP contribution >= 0.6 is 0 Å². The number of rotatable bonds is 48. The van der Waals surface area contributed by atoms with Gasteiger partial charge in [-0.15, -0.1) is 0 Å². The van der Waals surface area contributed by atoms with E-state index in [-0.39, 0.29) is 37.5 Å². The molecule has 0 heterocycles. The molecule has 396 valence electrons. The molecule has 0 spiro atoms. The molecule has 0 N–H and O–H groups in total. The molecule has 6 nitrogen and oxygen atoms in total. The van der Waals surface area contributed by atoms with Gasteiger partial charge in [0.25, 0.3) is 0 Å². The summed E-state index contributed by atoms with van der Waals surface area (Å²) in [6, 6.07) is 0. The van der Waals surface area contributed by atoms with Crippen molar-refractivity contribution in [2.45, 2.75) is 219 Å². The third-order valence-corrected chi connectivity index (χ3v) is 11.0. The van der Waals surface area contributed by atoms with Gasteiger partial charge in [-0.25, -0.2) is 0 Å². The van der Waals surface area contributed by atoms with E-state index >= 15 is 0 Å². The molecule has 0 saturated carbocycles. The van der Waals surface area contributed by atoms with Crippen molar-refractivity contribution >= 4 is 17.9 Å². The van der Waals surface area contributed by atoms with Gasteiger partial charge in [0.2, 0.25) is 0 Å². The van der Waals surface area contributed by atoms with Gasteiger partial charge in [0, 0.05) is 19.3 Å². The van der Waals surface area contributed by atoms with Gasteiger partial charge < -0.3 is 14.2 Å². The number of carbonyl (C=O) groups is 3. The molecule has 0 aliphatic rings. The number of esters is 3. The fourth-order valence-corrected chi connectivity index (χ4v) is 6.85.